The molecule has 1 saturated heterocycles. The monoisotopic (exact) mass is 269 g/mol. The fraction of sp³-hybridized carbons (Fsp3) is 0.462. The molecule has 1 aromatic rings. The van der Waals surface area contributed by atoms with Crippen LogP contribution in [0, 0.1) is 13.8 Å². The minimum Gasteiger partial charge on any atom is -0.479 e. The molecule has 1 atom stereocenters. The lowest BCUT2D eigenvalue weighted by atomic mass is 10.1. The Kier molecular flexibility index (Phi) is 3.78. The summed E-state index contributed by atoms with van der Waals surface area (Å²) in [6, 6.07) is 3.95. The van der Waals surface area contributed by atoms with E-state index in [2.05, 4.69) is 0 Å². The van der Waals surface area contributed by atoms with E-state index in [-0.39, 0.29) is 0 Å². The van der Waals surface area contributed by atoms with Crippen molar-refractivity contribution >= 4 is 23.3 Å². The summed E-state index contributed by atoms with van der Waals surface area (Å²) in [6.07, 6.45) is -0.782. The van der Waals surface area contributed by atoms with E-state index in [0.717, 1.165) is 16.8 Å². The highest BCUT2D eigenvalue weighted by molar-refractivity contribution is 6.33. The lowest BCUT2D eigenvalue weighted by Crippen LogP contribution is -2.46. The van der Waals surface area contributed by atoms with Gasteiger partial charge in [-0.15, -0.1) is 0 Å². The first-order valence-corrected chi connectivity index (χ1v) is 6.23. The number of carboxylic acids is 1. The second-order valence-corrected chi connectivity index (χ2v) is 4.96. The maximum absolute atomic E-state index is 11.0. The molecule has 1 aliphatic heterocycles. The summed E-state index contributed by atoms with van der Waals surface area (Å²) < 4.78 is 5.21. The van der Waals surface area contributed by atoms with Crippen LogP contribution in [0.4, 0.5) is 5.69 Å². The van der Waals surface area contributed by atoms with Crippen molar-refractivity contribution in [3.8, 4) is 0 Å². The number of carboxylic acid groups (broad SMARTS) is 1. The van der Waals surface area contributed by atoms with Crippen molar-refractivity contribution in [1.82, 2.24) is 0 Å². The van der Waals surface area contributed by atoms with E-state index in [1.165, 1.54) is 0 Å². The predicted molar refractivity (Wildman–Crippen MR) is 70.5 cm³/mol. The Morgan fingerprint density at radius 3 is 2.83 bits per heavy atom. The average molecular weight is 270 g/mol. The molecule has 0 bridgehead atoms. The second kappa shape index (κ2) is 5.16. The lowest BCUT2D eigenvalue weighted by molar-refractivity contribution is -0.150. The van der Waals surface area contributed by atoms with E-state index < -0.39 is 12.1 Å². The number of halogens is 1. The number of aliphatic carboxylic acids is 1. The van der Waals surface area contributed by atoms with Gasteiger partial charge in [-0.05, 0) is 31.0 Å². The van der Waals surface area contributed by atoms with Crippen molar-refractivity contribution in [2.24, 2.45) is 0 Å². The molecular formula is C13H16ClNO3. The van der Waals surface area contributed by atoms with Crippen LogP contribution in [0.25, 0.3) is 0 Å². The molecule has 98 valence electrons. The van der Waals surface area contributed by atoms with Crippen LogP contribution >= 0.6 is 11.6 Å². The van der Waals surface area contributed by atoms with Crippen LogP contribution in [0.2, 0.25) is 5.02 Å². The molecule has 0 aliphatic carbocycles. The van der Waals surface area contributed by atoms with Gasteiger partial charge in [-0.2, -0.15) is 0 Å². The number of rotatable bonds is 2. The summed E-state index contributed by atoms with van der Waals surface area (Å²) >= 11 is 6.27. The van der Waals surface area contributed by atoms with E-state index in [1.54, 1.807) is 0 Å². The Labute approximate surface area is 111 Å². The van der Waals surface area contributed by atoms with Crippen LogP contribution < -0.4 is 4.90 Å². The Morgan fingerprint density at radius 1 is 1.50 bits per heavy atom. The molecule has 4 nitrogen and oxygen atoms in total. The largest absolute Gasteiger partial charge is 0.479 e. The van der Waals surface area contributed by atoms with Gasteiger partial charge in [-0.25, -0.2) is 4.79 Å². The molecule has 1 heterocycles. The van der Waals surface area contributed by atoms with Gasteiger partial charge in [-0.3, -0.25) is 0 Å². The zero-order valence-electron chi connectivity index (χ0n) is 10.4. The number of carbonyl (C=O) groups is 1. The summed E-state index contributed by atoms with van der Waals surface area (Å²) in [5.41, 5.74) is 3.08. The zero-order valence-corrected chi connectivity index (χ0v) is 11.2. The Hall–Kier alpha value is -1.26. The van der Waals surface area contributed by atoms with Gasteiger partial charge in [0.05, 0.1) is 23.9 Å². The van der Waals surface area contributed by atoms with Crippen molar-refractivity contribution in [2.45, 2.75) is 20.0 Å². The molecule has 0 amide bonds. The smallest absolute Gasteiger partial charge is 0.334 e. The molecule has 1 aromatic carbocycles. The number of nitrogens with zero attached hydrogens (tertiary/aromatic N) is 1. The first-order valence-electron chi connectivity index (χ1n) is 5.85. The highest BCUT2D eigenvalue weighted by Crippen LogP contribution is 2.32. The van der Waals surface area contributed by atoms with Crippen molar-refractivity contribution in [2.75, 3.05) is 24.6 Å². The number of ether oxygens (including phenoxy) is 1. The van der Waals surface area contributed by atoms with Crippen LogP contribution in [0.15, 0.2) is 12.1 Å². The van der Waals surface area contributed by atoms with Gasteiger partial charge >= 0.3 is 5.97 Å². The first-order chi connectivity index (χ1) is 8.49. The topological polar surface area (TPSA) is 49.8 Å². The van der Waals surface area contributed by atoms with Crippen LogP contribution in [0.1, 0.15) is 11.1 Å². The molecule has 0 spiro atoms. The SMILES string of the molecule is Cc1cc(C)c(N2CCOC(C(=O)O)C2)c(Cl)c1. The normalized spacial score (nSPS) is 19.9. The highest BCUT2D eigenvalue weighted by atomic mass is 35.5. The molecule has 2 rings (SSSR count). The molecule has 1 aliphatic rings. The number of anilines is 1. The number of aryl methyl sites for hydroxylation is 2. The Morgan fingerprint density at radius 2 is 2.22 bits per heavy atom. The maximum atomic E-state index is 11.0. The van der Waals surface area contributed by atoms with Crippen LogP contribution in [0.3, 0.4) is 0 Å². The van der Waals surface area contributed by atoms with E-state index in [4.69, 9.17) is 21.4 Å². The minimum absolute atomic E-state index is 0.332. The van der Waals surface area contributed by atoms with Gasteiger partial charge in [0.25, 0.3) is 0 Å². The molecule has 1 unspecified atom stereocenters. The van der Waals surface area contributed by atoms with Gasteiger partial charge < -0.3 is 14.7 Å². The zero-order chi connectivity index (χ0) is 13.3. The summed E-state index contributed by atoms with van der Waals surface area (Å²) in [5.74, 6) is -0.930. The van der Waals surface area contributed by atoms with E-state index in [1.807, 2.05) is 30.9 Å². The standard InChI is InChI=1S/C13H16ClNO3/c1-8-5-9(2)12(10(14)6-8)15-3-4-18-11(7-15)13(16)17/h5-6,11H,3-4,7H2,1-2H3,(H,16,17). The number of morpholine rings is 1. The Balaban J connectivity index is 2.29. The van der Waals surface area contributed by atoms with Crippen molar-refractivity contribution < 1.29 is 14.6 Å². The molecule has 1 N–H and O–H groups in total. The summed E-state index contributed by atoms with van der Waals surface area (Å²) in [4.78, 5) is 13.0. The minimum atomic E-state index is -0.930. The molecule has 5 heteroatoms. The molecule has 18 heavy (non-hydrogen) atoms. The van der Waals surface area contributed by atoms with E-state index in [0.29, 0.717) is 24.7 Å². The lowest BCUT2D eigenvalue weighted by Gasteiger charge is -2.34. The third-order valence-corrected chi connectivity index (χ3v) is 3.34. The fourth-order valence-electron chi connectivity index (χ4n) is 2.31. The quantitative estimate of drug-likeness (QED) is 0.895. The summed E-state index contributed by atoms with van der Waals surface area (Å²) in [7, 11) is 0. The fourth-order valence-corrected chi connectivity index (χ4v) is 2.75. The van der Waals surface area contributed by atoms with Crippen LogP contribution in [-0.4, -0.2) is 36.9 Å². The highest BCUT2D eigenvalue weighted by Gasteiger charge is 2.28. The number of hydrogen-bond donors (Lipinski definition) is 1. The maximum Gasteiger partial charge on any atom is 0.334 e. The van der Waals surface area contributed by atoms with Crippen molar-refractivity contribution in [1.29, 1.82) is 0 Å². The Bertz CT molecular complexity index is 452. The van der Waals surface area contributed by atoms with Crippen LogP contribution in [-0.2, 0) is 9.53 Å². The third kappa shape index (κ3) is 2.60. The molecule has 1 fully saturated rings. The predicted octanol–water partition coefficient (Wildman–Crippen LogP) is 2.25. The second-order valence-electron chi connectivity index (χ2n) is 4.56. The van der Waals surface area contributed by atoms with Gasteiger partial charge in [0.1, 0.15) is 0 Å². The third-order valence-electron chi connectivity index (χ3n) is 3.06. The van der Waals surface area contributed by atoms with Crippen molar-refractivity contribution in [3.05, 3.63) is 28.3 Å². The van der Waals surface area contributed by atoms with Gasteiger partial charge in [0.15, 0.2) is 6.10 Å². The number of benzene rings is 1. The first kappa shape index (κ1) is 13.2. The summed E-state index contributed by atoms with van der Waals surface area (Å²) in [6.45, 7) is 5.37. The molecule has 0 aromatic heterocycles. The van der Waals surface area contributed by atoms with E-state index >= 15 is 0 Å². The van der Waals surface area contributed by atoms with E-state index in [9.17, 15) is 4.79 Å². The molecule has 0 radical (unpaired) electrons. The number of hydrogen-bond acceptors (Lipinski definition) is 3. The molecular weight excluding hydrogens is 254 g/mol. The average Bonchev–Trinajstić information content (AvgIpc) is 2.28. The summed E-state index contributed by atoms with van der Waals surface area (Å²) in [5, 5.41) is 9.67. The van der Waals surface area contributed by atoms with Gasteiger partial charge in [0.2, 0.25) is 0 Å². The molecule has 0 saturated carbocycles. The van der Waals surface area contributed by atoms with Crippen molar-refractivity contribution in [3.63, 3.8) is 0 Å². The van der Waals surface area contributed by atoms with Crippen LogP contribution in [0.5, 0.6) is 0 Å². The van der Waals surface area contributed by atoms with Gasteiger partial charge in [0, 0.05) is 6.54 Å². The van der Waals surface area contributed by atoms with Gasteiger partial charge in [-0.1, -0.05) is 17.7 Å².